The Morgan fingerprint density at radius 3 is 2.48 bits per heavy atom. The summed E-state index contributed by atoms with van der Waals surface area (Å²) in [5.41, 5.74) is 1.04. The Bertz CT molecular complexity index is 715. The Morgan fingerprint density at radius 2 is 1.90 bits per heavy atom. The van der Waals surface area contributed by atoms with Gasteiger partial charge in [-0.25, -0.2) is 13.1 Å². The van der Waals surface area contributed by atoms with Crippen LogP contribution >= 0.6 is 0 Å². The van der Waals surface area contributed by atoms with E-state index in [-0.39, 0.29) is 17.9 Å². The molecule has 0 spiro atoms. The minimum Gasteiger partial charge on any atom is -0.481 e. The molecule has 21 heavy (non-hydrogen) atoms. The Labute approximate surface area is 121 Å². The van der Waals surface area contributed by atoms with Gasteiger partial charge in [0.15, 0.2) is 0 Å². The van der Waals surface area contributed by atoms with Gasteiger partial charge >= 0.3 is 5.97 Å². The molecule has 0 saturated heterocycles. The number of nitrogens with zero attached hydrogens (tertiary/aromatic N) is 2. The van der Waals surface area contributed by atoms with E-state index in [1.165, 1.54) is 30.5 Å². The molecule has 2 rings (SSSR count). The molecule has 110 valence electrons. The molecule has 0 atom stereocenters. The van der Waals surface area contributed by atoms with Crippen molar-refractivity contribution >= 4 is 16.0 Å². The standard InChI is InChI=1S/C13H13N3O4S/c17-13(18)8-10-3-5-12(6-4-10)21(19,20)15-9-11-2-1-7-14-16-11/h1-7,15H,8-9H2,(H,17,18). The number of nitrogens with one attached hydrogen (secondary N) is 1. The average Bonchev–Trinajstić information content (AvgIpc) is 2.46. The van der Waals surface area contributed by atoms with Crippen LogP contribution in [-0.4, -0.2) is 29.7 Å². The van der Waals surface area contributed by atoms with Gasteiger partial charge in [-0.1, -0.05) is 12.1 Å². The smallest absolute Gasteiger partial charge is 0.307 e. The van der Waals surface area contributed by atoms with Gasteiger partial charge in [-0.3, -0.25) is 4.79 Å². The van der Waals surface area contributed by atoms with Crippen molar-refractivity contribution in [3.05, 3.63) is 53.9 Å². The lowest BCUT2D eigenvalue weighted by atomic mass is 10.2. The van der Waals surface area contributed by atoms with Crippen molar-refractivity contribution in [1.82, 2.24) is 14.9 Å². The Balaban J connectivity index is 2.07. The average molecular weight is 307 g/mol. The van der Waals surface area contributed by atoms with E-state index in [4.69, 9.17) is 5.11 Å². The third-order valence-electron chi connectivity index (χ3n) is 2.66. The summed E-state index contributed by atoms with van der Waals surface area (Å²) in [5.74, 6) is -0.966. The number of benzene rings is 1. The minimum absolute atomic E-state index is 0.0348. The van der Waals surface area contributed by atoms with Crippen molar-refractivity contribution in [2.75, 3.05) is 0 Å². The van der Waals surface area contributed by atoms with E-state index in [2.05, 4.69) is 14.9 Å². The van der Waals surface area contributed by atoms with Crippen LogP contribution in [0, 0.1) is 0 Å². The first-order valence-corrected chi connectivity index (χ1v) is 7.53. The summed E-state index contributed by atoms with van der Waals surface area (Å²) in [6.45, 7) is 0.0348. The lowest BCUT2D eigenvalue weighted by Gasteiger charge is -2.06. The highest BCUT2D eigenvalue weighted by atomic mass is 32.2. The van der Waals surface area contributed by atoms with Gasteiger partial charge in [0, 0.05) is 6.20 Å². The molecule has 1 heterocycles. The maximum absolute atomic E-state index is 12.1. The predicted molar refractivity (Wildman–Crippen MR) is 73.8 cm³/mol. The van der Waals surface area contributed by atoms with E-state index < -0.39 is 16.0 Å². The van der Waals surface area contributed by atoms with Crippen molar-refractivity contribution in [2.45, 2.75) is 17.9 Å². The third kappa shape index (κ3) is 4.33. The maximum Gasteiger partial charge on any atom is 0.307 e. The van der Waals surface area contributed by atoms with Gasteiger partial charge in [0.25, 0.3) is 0 Å². The highest BCUT2D eigenvalue weighted by molar-refractivity contribution is 7.89. The number of carboxylic acid groups (broad SMARTS) is 1. The van der Waals surface area contributed by atoms with Gasteiger partial charge in [0.05, 0.1) is 23.6 Å². The van der Waals surface area contributed by atoms with Crippen LogP contribution in [0.3, 0.4) is 0 Å². The molecular weight excluding hydrogens is 294 g/mol. The van der Waals surface area contributed by atoms with Gasteiger partial charge < -0.3 is 5.11 Å². The van der Waals surface area contributed by atoms with E-state index in [0.717, 1.165) is 0 Å². The molecule has 1 aromatic heterocycles. The second-order valence-corrected chi connectivity index (χ2v) is 6.02. The highest BCUT2D eigenvalue weighted by Gasteiger charge is 2.14. The van der Waals surface area contributed by atoms with Crippen molar-refractivity contribution in [3.8, 4) is 0 Å². The molecule has 1 aromatic carbocycles. The molecule has 0 saturated carbocycles. The fourth-order valence-electron chi connectivity index (χ4n) is 1.64. The van der Waals surface area contributed by atoms with E-state index in [1.807, 2.05) is 0 Å². The molecule has 0 bridgehead atoms. The minimum atomic E-state index is -3.67. The van der Waals surface area contributed by atoms with E-state index in [1.54, 1.807) is 12.1 Å². The summed E-state index contributed by atoms with van der Waals surface area (Å²) >= 11 is 0. The summed E-state index contributed by atoms with van der Waals surface area (Å²) in [6.07, 6.45) is 1.35. The lowest BCUT2D eigenvalue weighted by molar-refractivity contribution is -0.136. The van der Waals surface area contributed by atoms with Crippen molar-refractivity contribution < 1.29 is 18.3 Å². The predicted octanol–water partition coefficient (Wildman–Crippen LogP) is 0.582. The molecule has 0 aliphatic rings. The van der Waals surface area contributed by atoms with E-state index >= 15 is 0 Å². The molecule has 0 aliphatic carbocycles. The molecule has 8 heteroatoms. The molecule has 2 N–H and O–H groups in total. The first kappa shape index (κ1) is 15.1. The second kappa shape index (κ2) is 6.42. The quantitative estimate of drug-likeness (QED) is 0.808. The largest absolute Gasteiger partial charge is 0.481 e. The van der Waals surface area contributed by atoms with Gasteiger partial charge in [-0.2, -0.15) is 10.2 Å². The number of carboxylic acids is 1. The number of aliphatic carboxylic acids is 1. The van der Waals surface area contributed by atoms with Gasteiger partial charge in [-0.15, -0.1) is 0 Å². The van der Waals surface area contributed by atoms with Crippen LogP contribution in [0.1, 0.15) is 11.3 Å². The van der Waals surface area contributed by atoms with Crippen LogP contribution in [0.25, 0.3) is 0 Å². The monoisotopic (exact) mass is 307 g/mol. The number of carbonyl (C=O) groups is 1. The highest BCUT2D eigenvalue weighted by Crippen LogP contribution is 2.11. The normalized spacial score (nSPS) is 11.2. The Hall–Kier alpha value is -2.32. The molecule has 0 radical (unpaired) electrons. The van der Waals surface area contributed by atoms with Crippen LogP contribution in [0.15, 0.2) is 47.5 Å². The molecular formula is C13H13N3O4S. The fourth-order valence-corrected chi connectivity index (χ4v) is 2.64. The van der Waals surface area contributed by atoms with Crippen LogP contribution in [-0.2, 0) is 27.8 Å². The molecule has 2 aromatic rings. The topological polar surface area (TPSA) is 109 Å². The van der Waals surface area contributed by atoms with Gasteiger partial charge in [0.1, 0.15) is 0 Å². The number of sulfonamides is 1. The Morgan fingerprint density at radius 1 is 1.19 bits per heavy atom. The molecule has 0 amide bonds. The van der Waals surface area contributed by atoms with Crippen molar-refractivity contribution in [3.63, 3.8) is 0 Å². The summed E-state index contributed by atoms with van der Waals surface area (Å²) in [6, 6.07) is 9.02. The zero-order valence-electron chi connectivity index (χ0n) is 10.9. The first-order chi connectivity index (χ1) is 9.97. The van der Waals surface area contributed by atoms with Gasteiger partial charge in [0.2, 0.25) is 10.0 Å². The van der Waals surface area contributed by atoms with Crippen molar-refractivity contribution in [2.24, 2.45) is 0 Å². The lowest BCUT2D eigenvalue weighted by Crippen LogP contribution is -2.23. The maximum atomic E-state index is 12.1. The number of aromatic nitrogens is 2. The summed E-state index contributed by atoms with van der Waals surface area (Å²) in [4.78, 5) is 10.6. The van der Waals surface area contributed by atoms with Crippen LogP contribution < -0.4 is 4.72 Å². The first-order valence-electron chi connectivity index (χ1n) is 6.04. The summed E-state index contributed by atoms with van der Waals surface area (Å²) in [5, 5.41) is 16.1. The third-order valence-corrected chi connectivity index (χ3v) is 4.08. The van der Waals surface area contributed by atoms with Crippen LogP contribution in [0.4, 0.5) is 0 Å². The zero-order valence-corrected chi connectivity index (χ0v) is 11.7. The fraction of sp³-hybridized carbons (Fsp3) is 0.154. The van der Waals surface area contributed by atoms with Crippen LogP contribution in [0.5, 0.6) is 0 Å². The Kier molecular flexibility index (Phi) is 4.61. The van der Waals surface area contributed by atoms with Gasteiger partial charge in [-0.05, 0) is 29.8 Å². The van der Waals surface area contributed by atoms with E-state index in [9.17, 15) is 13.2 Å². The number of rotatable bonds is 6. The SMILES string of the molecule is O=C(O)Cc1ccc(S(=O)(=O)NCc2cccnn2)cc1. The molecule has 0 aliphatic heterocycles. The summed E-state index contributed by atoms with van der Waals surface area (Å²) < 4.78 is 26.5. The number of hydrogen-bond acceptors (Lipinski definition) is 5. The number of hydrogen-bond donors (Lipinski definition) is 2. The molecule has 0 fully saturated rings. The second-order valence-electron chi connectivity index (χ2n) is 4.25. The zero-order chi connectivity index (χ0) is 15.3. The molecule has 7 nitrogen and oxygen atoms in total. The van der Waals surface area contributed by atoms with E-state index in [0.29, 0.717) is 11.3 Å². The van der Waals surface area contributed by atoms with Crippen molar-refractivity contribution in [1.29, 1.82) is 0 Å². The summed E-state index contributed by atoms with van der Waals surface area (Å²) in [7, 11) is -3.67. The van der Waals surface area contributed by atoms with Crippen LogP contribution in [0.2, 0.25) is 0 Å². The molecule has 0 unspecified atom stereocenters.